The minimum atomic E-state index is -1.95. The van der Waals surface area contributed by atoms with Crippen LogP contribution in [0.15, 0.2) is 60.9 Å². The summed E-state index contributed by atoms with van der Waals surface area (Å²) < 4.78 is 11.3. The van der Waals surface area contributed by atoms with E-state index in [4.69, 9.17) is 26.7 Å². The van der Waals surface area contributed by atoms with Crippen LogP contribution in [0.5, 0.6) is 0 Å². The molecule has 86 heavy (non-hydrogen) atoms. The number of aromatic nitrogens is 2. The largest absolute Gasteiger partial charge is 0.394 e. The van der Waals surface area contributed by atoms with Crippen LogP contribution < -0.4 is 59.7 Å². The number of nitrogens with two attached hydrogens (primary N) is 3. The fourth-order valence-electron chi connectivity index (χ4n) is 10.4. The number of aliphatic hydroxyl groups is 5. The summed E-state index contributed by atoms with van der Waals surface area (Å²) in [5.74, 6) is -7.62. The second kappa shape index (κ2) is 33.7. The lowest BCUT2D eigenvalue weighted by atomic mass is 9.99. The number of carbonyl (C=O) groups excluding carboxylic acids is 8. The molecule has 8 amide bonds. The van der Waals surface area contributed by atoms with Crippen LogP contribution in [0.3, 0.4) is 0 Å². The van der Waals surface area contributed by atoms with E-state index in [1.54, 1.807) is 24.5 Å². The van der Waals surface area contributed by atoms with Gasteiger partial charge in [-0.05, 0) is 113 Å². The average Bonchev–Trinajstić information content (AvgIpc) is 2.73. The maximum atomic E-state index is 15.0. The summed E-state index contributed by atoms with van der Waals surface area (Å²) in [6.07, 6.45) is -4.05. The first kappa shape index (κ1) is 68.0. The van der Waals surface area contributed by atoms with Gasteiger partial charge in [0.25, 0.3) is 0 Å². The molecule has 2 aliphatic rings. The van der Waals surface area contributed by atoms with Gasteiger partial charge in [-0.1, -0.05) is 50.2 Å². The molecule has 2 aromatic heterocycles. The van der Waals surface area contributed by atoms with E-state index >= 15 is 4.79 Å². The summed E-state index contributed by atoms with van der Waals surface area (Å²) >= 11 is 0. The number of amides is 8. The van der Waals surface area contributed by atoms with Crippen LogP contribution in [-0.2, 0) is 60.7 Å². The molecule has 28 heteroatoms. The zero-order valence-corrected chi connectivity index (χ0v) is 48.6. The van der Waals surface area contributed by atoms with Gasteiger partial charge in [0, 0.05) is 47.0 Å². The Hall–Kier alpha value is -7.12. The third-order valence-corrected chi connectivity index (χ3v) is 15.3. The molecule has 0 aliphatic carbocycles. The van der Waals surface area contributed by atoms with Crippen molar-refractivity contribution in [3.8, 4) is 0 Å². The smallest absolute Gasteiger partial charge is 0.245 e. The summed E-state index contributed by atoms with van der Waals surface area (Å²) in [7, 11) is 0. The predicted molar refractivity (Wildman–Crippen MR) is 314 cm³/mol. The molecule has 4 heterocycles. The van der Waals surface area contributed by atoms with Gasteiger partial charge in [0.2, 0.25) is 47.3 Å². The van der Waals surface area contributed by atoms with E-state index in [-0.39, 0.29) is 76.9 Å². The first-order valence-electron chi connectivity index (χ1n) is 29.5. The molecule has 28 nitrogen and oxygen atoms in total. The molecule has 2 saturated heterocycles. The number of ether oxygens (including phenoxy) is 2. The monoisotopic (exact) mass is 1210 g/mol. The Kier molecular flexibility index (Phi) is 26.6. The van der Waals surface area contributed by atoms with Gasteiger partial charge in [0.15, 0.2) is 6.29 Å². The van der Waals surface area contributed by atoms with Crippen molar-refractivity contribution in [3.63, 3.8) is 0 Å². The highest BCUT2D eigenvalue weighted by atomic mass is 16.7. The lowest BCUT2D eigenvalue weighted by molar-refractivity contribution is -0.301. The van der Waals surface area contributed by atoms with Crippen LogP contribution in [0.2, 0.25) is 0 Å². The van der Waals surface area contributed by atoms with Gasteiger partial charge in [-0.15, -0.1) is 0 Å². The van der Waals surface area contributed by atoms with Crippen molar-refractivity contribution in [1.29, 1.82) is 0 Å². The van der Waals surface area contributed by atoms with Crippen LogP contribution in [-0.4, -0.2) is 201 Å². The number of H-pyrrole nitrogens is 2. The minimum absolute atomic E-state index is 0.0233. The summed E-state index contributed by atoms with van der Waals surface area (Å²) in [5, 5.41) is 75.3. The fourth-order valence-corrected chi connectivity index (χ4v) is 10.4. The van der Waals surface area contributed by atoms with Gasteiger partial charge in [0.1, 0.15) is 72.8 Å². The molecule has 13 atom stereocenters. The van der Waals surface area contributed by atoms with E-state index in [0.29, 0.717) is 42.2 Å². The summed E-state index contributed by atoms with van der Waals surface area (Å²) in [6.45, 7) is 1.52. The average molecular weight is 1210 g/mol. The summed E-state index contributed by atoms with van der Waals surface area (Å²) in [4.78, 5) is 124. The van der Waals surface area contributed by atoms with Crippen molar-refractivity contribution in [3.05, 3.63) is 72.1 Å². The number of rotatable bonds is 23. The number of nitrogens with one attached hydrogen (secondary N) is 10. The Morgan fingerprint density at radius 3 is 1.27 bits per heavy atom. The van der Waals surface area contributed by atoms with Gasteiger partial charge >= 0.3 is 0 Å². The van der Waals surface area contributed by atoms with E-state index in [2.05, 4.69) is 52.5 Å². The van der Waals surface area contributed by atoms with Crippen LogP contribution >= 0.6 is 0 Å². The molecule has 21 N–H and O–H groups in total. The summed E-state index contributed by atoms with van der Waals surface area (Å²) in [6, 6.07) is 2.37. The molecule has 2 aliphatic heterocycles. The van der Waals surface area contributed by atoms with E-state index in [9.17, 15) is 59.1 Å². The molecule has 4 aromatic rings. The number of hydrogen-bond donors (Lipinski definition) is 18. The van der Waals surface area contributed by atoms with E-state index in [1.807, 2.05) is 50.2 Å². The molecule has 2 fully saturated rings. The molecule has 6 rings (SSSR count). The quantitative estimate of drug-likeness (QED) is 0.0321. The maximum Gasteiger partial charge on any atom is 0.245 e. The van der Waals surface area contributed by atoms with Gasteiger partial charge < -0.3 is 105 Å². The molecule has 474 valence electrons. The van der Waals surface area contributed by atoms with Crippen molar-refractivity contribution >= 4 is 69.1 Å². The van der Waals surface area contributed by atoms with Gasteiger partial charge in [-0.2, -0.15) is 0 Å². The van der Waals surface area contributed by atoms with Gasteiger partial charge in [-0.3, -0.25) is 38.4 Å². The van der Waals surface area contributed by atoms with Crippen molar-refractivity contribution in [2.45, 2.75) is 170 Å². The second-order valence-corrected chi connectivity index (χ2v) is 22.3. The Balaban J connectivity index is 1.45. The van der Waals surface area contributed by atoms with Crippen LogP contribution in [0, 0.1) is 5.92 Å². The van der Waals surface area contributed by atoms with Crippen LogP contribution in [0.25, 0.3) is 21.8 Å². The number of carbonyl (C=O) groups is 8. The number of aromatic amines is 2. The third-order valence-electron chi connectivity index (χ3n) is 15.3. The lowest BCUT2D eigenvalue weighted by Gasteiger charge is -2.40. The van der Waals surface area contributed by atoms with Gasteiger partial charge in [0.05, 0.1) is 19.8 Å². The molecule has 2 aromatic carbocycles. The fraction of sp³-hybridized carbons (Fsp3) is 0.586. The number of benzene rings is 2. The van der Waals surface area contributed by atoms with Crippen molar-refractivity contribution in [2.24, 2.45) is 23.1 Å². The highest BCUT2D eigenvalue weighted by Crippen LogP contribution is 2.24. The van der Waals surface area contributed by atoms with Crippen LogP contribution in [0.4, 0.5) is 0 Å². The first-order valence-corrected chi connectivity index (χ1v) is 29.5. The first-order chi connectivity index (χ1) is 41.3. The SMILES string of the molecule is CC(C)C[C@H]1NC(=O)[C@H](Cc2c[nH]c3ccccc23)NC(=O)[C@@H](CCCCN)NC(=O)[C@H](CO)NC(=O)[C@@H](CCCCN)NC(=O)[C@H](CO[C@@H]2O[C@H](CO)[C@H](O)[C@H](O)[C@H]2O)NC(=O)[C@@H](CCCCN)NC(=O)[C@H](Cc2c[nH]c3ccccc23)NC1=O. The molecule has 0 radical (unpaired) electrons. The Morgan fingerprint density at radius 2 is 0.837 bits per heavy atom. The molecule has 0 saturated carbocycles. The Bertz CT molecular complexity index is 2890. The summed E-state index contributed by atoms with van der Waals surface area (Å²) in [5.41, 5.74) is 20.2. The molecule has 0 spiro atoms. The standard InChI is InChI=1S/C58H87N13O15/c1-31(2)23-41-53(80)69-42(24-32-26-62-36-15-5-3-13-34(32)36)54(81)64-40(19-9-12-22-61)52(79)71-45(30-85-58-49(76)48(75)47(74)46(29-73)86-58)57(84)66-39(18-8-11-21-60)51(78)70-44(28-72)56(83)65-38(17-7-10-20-59)50(77)68-43(55(82)67-41)25-33-27-63-37-16-6-4-14-35(33)37/h3-6,13-16,26-27,31,38-49,58,62-63,72-76H,7-12,17-25,28-30,59-61H2,1-2H3,(H,64,81)(H,65,83)(H,66,84)(H,67,82)(H,68,77)(H,69,80)(H,70,78)(H,71,79)/t38-,39-,40-,41-,42+,43+,44+,45+,46-,47+,48+,49-,58-/m1/s1. The minimum Gasteiger partial charge on any atom is -0.394 e. The molecular formula is C58H87N13O15. The zero-order chi connectivity index (χ0) is 62.5. The topological polar surface area (TPSA) is 462 Å². The number of para-hydroxylation sites is 2. The Morgan fingerprint density at radius 1 is 0.465 bits per heavy atom. The van der Waals surface area contributed by atoms with Crippen molar-refractivity contribution < 1.29 is 73.4 Å². The van der Waals surface area contributed by atoms with Gasteiger partial charge in [-0.25, -0.2) is 0 Å². The molecule has 0 bridgehead atoms. The second-order valence-electron chi connectivity index (χ2n) is 22.3. The van der Waals surface area contributed by atoms with E-state index in [0.717, 1.165) is 16.4 Å². The van der Waals surface area contributed by atoms with Crippen molar-refractivity contribution in [2.75, 3.05) is 39.5 Å². The maximum absolute atomic E-state index is 15.0. The number of hydrogen-bond acceptors (Lipinski definition) is 18. The normalized spacial score (nSPS) is 27.3. The Labute approximate surface area is 497 Å². The predicted octanol–water partition coefficient (Wildman–Crippen LogP) is -3.43. The highest BCUT2D eigenvalue weighted by Gasteiger charge is 2.45. The van der Waals surface area contributed by atoms with Crippen LogP contribution in [0.1, 0.15) is 89.2 Å². The number of fused-ring (bicyclic) bond motifs is 2. The third kappa shape index (κ3) is 18.9. The molecule has 0 unspecified atom stereocenters. The number of aliphatic hydroxyl groups excluding tert-OH is 5. The van der Waals surface area contributed by atoms with E-state index < -0.39 is 146 Å². The van der Waals surface area contributed by atoms with E-state index in [1.165, 1.54) is 0 Å². The zero-order valence-electron chi connectivity index (χ0n) is 48.6. The highest BCUT2D eigenvalue weighted by molar-refractivity contribution is 5.99. The number of unbranched alkanes of at least 4 members (excludes halogenated alkanes) is 3. The van der Waals surface area contributed by atoms with Crippen molar-refractivity contribution in [1.82, 2.24) is 52.5 Å². The lowest BCUT2D eigenvalue weighted by Crippen LogP contribution is -2.63. The molecular weight excluding hydrogens is 1120 g/mol.